The summed E-state index contributed by atoms with van der Waals surface area (Å²) in [5.41, 5.74) is 19.5. The Morgan fingerprint density at radius 2 is 0.689 bits per heavy atom. The van der Waals surface area contributed by atoms with Gasteiger partial charge in [0.05, 0.1) is 22.7 Å². The fourth-order valence-corrected chi connectivity index (χ4v) is 15.0. The number of fused-ring (bicyclic) bond motifs is 6. The Bertz CT molecular complexity index is 4250. The highest BCUT2D eigenvalue weighted by molar-refractivity contribution is 7.26. The number of nitrogens with zero attached hydrogens (tertiary/aromatic N) is 2. The number of rotatable bonds is 8. The van der Waals surface area contributed by atoms with Crippen LogP contribution in [0.5, 0.6) is 0 Å². The lowest BCUT2D eigenvalue weighted by atomic mass is 9.91. The normalized spacial score (nSPS) is 11.9. The smallest absolute Gasteiger partial charge is 0.0540 e. The zero-order valence-electron chi connectivity index (χ0n) is 42.3. The van der Waals surface area contributed by atoms with Gasteiger partial charge in [0.15, 0.2) is 0 Å². The maximum absolute atomic E-state index is 2.54. The van der Waals surface area contributed by atoms with Crippen molar-refractivity contribution in [1.82, 2.24) is 0 Å². The van der Waals surface area contributed by atoms with E-state index in [1.54, 1.807) is 0 Å². The molecule has 0 saturated carbocycles. The van der Waals surface area contributed by atoms with E-state index in [0.29, 0.717) is 0 Å². The second-order valence-electron chi connectivity index (χ2n) is 20.4. The van der Waals surface area contributed by atoms with Crippen LogP contribution in [0.2, 0.25) is 0 Å². The molecule has 0 amide bonds. The Kier molecular flexibility index (Phi) is 10.3. The maximum atomic E-state index is 2.54. The Labute approximate surface area is 440 Å². The summed E-state index contributed by atoms with van der Waals surface area (Å²) in [5, 5.41) is 12.7. The molecule has 2 nitrogen and oxygen atoms in total. The molecule has 12 aromatic carbocycles. The first-order valence-electron chi connectivity index (χ1n) is 25.6. The van der Waals surface area contributed by atoms with Crippen molar-refractivity contribution in [2.75, 3.05) is 9.80 Å². The average molecular weight is 985 g/mol. The van der Waals surface area contributed by atoms with Crippen molar-refractivity contribution in [3.8, 4) is 22.3 Å². The summed E-state index contributed by atoms with van der Waals surface area (Å²) in [5.74, 6) is 0. The van der Waals surface area contributed by atoms with Crippen molar-refractivity contribution in [3.63, 3.8) is 0 Å². The van der Waals surface area contributed by atoms with Gasteiger partial charge in [0.25, 0.3) is 0 Å². The van der Waals surface area contributed by atoms with E-state index in [1.165, 1.54) is 140 Å². The molecule has 2 heterocycles. The van der Waals surface area contributed by atoms with Gasteiger partial charge in [-0.3, -0.25) is 0 Å². The van der Waals surface area contributed by atoms with Crippen molar-refractivity contribution < 1.29 is 0 Å². The first-order chi connectivity index (χ1) is 36.2. The van der Waals surface area contributed by atoms with E-state index in [4.69, 9.17) is 0 Å². The van der Waals surface area contributed by atoms with Crippen molar-refractivity contribution >= 4 is 129 Å². The monoisotopic (exact) mass is 984 g/mol. The molecule has 4 heteroatoms. The molecule has 74 heavy (non-hydrogen) atoms. The minimum Gasteiger partial charge on any atom is -0.309 e. The Morgan fingerprint density at radius 1 is 0.311 bits per heavy atom. The molecule has 14 aromatic rings. The van der Waals surface area contributed by atoms with Gasteiger partial charge >= 0.3 is 0 Å². The SMILES string of the molecule is Cc1cc(C)c(N(c2cccc(-c3cccc4c3sc3ccccc34)c2)c2ccc3ccc4c(N(c5cccc(-c6cccc7c6sc6ccccc67)c5)c5c(C)cc(C)cc5C)ccc5ccc2c3c54)c(C)c1. The van der Waals surface area contributed by atoms with Gasteiger partial charge in [-0.05, 0) is 156 Å². The molecule has 0 N–H and O–H groups in total. The van der Waals surface area contributed by atoms with E-state index in [2.05, 4.69) is 258 Å². The van der Waals surface area contributed by atoms with Crippen LogP contribution in [0.1, 0.15) is 33.4 Å². The highest BCUT2D eigenvalue weighted by Gasteiger charge is 2.26. The molecule has 14 rings (SSSR count). The van der Waals surface area contributed by atoms with Gasteiger partial charge in [-0.25, -0.2) is 0 Å². The molecule has 0 radical (unpaired) electrons. The summed E-state index contributed by atoms with van der Waals surface area (Å²) in [6, 6.07) is 77.8. The number of anilines is 6. The first kappa shape index (κ1) is 44.4. The summed E-state index contributed by atoms with van der Waals surface area (Å²) in [7, 11) is 0. The Balaban J connectivity index is 0.985. The van der Waals surface area contributed by atoms with Crippen molar-refractivity contribution in [1.29, 1.82) is 0 Å². The third kappa shape index (κ3) is 6.96. The molecule has 0 fully saturated rings. The summed E-state index contributed by atoms with van der Waals surface area (Å²) in [6.45, 7) is 13.5. The quantitative estimate of drug-likeness (QED) is 0.140. The first-order valence-corrected chi connectivity index (χ1v) is 27.3. The zero-order valence-corrected chi connectivity index (χ0v) is 44.0. The molecule has 354 valence electrons. The van der Waals surface area contributed by atoms with Gasteiger partial charge in [-0.2, -0.15) is 0 Å². The summed E-state index contributed by atoms with van der Waals surface area (Å²) in [6.07, 6.45) is 0. The molecule has 0 bridgehead atoms. The van der Waals surface area contributed by atoms with Crippen molar-refractivity contribution in [3.05, 3.63) is 240 Å². The second-order valence-corrected chi connectivity index (χ2v) is 22.5. The molecule has 0 aliphatic rings. The topological polar surface area (TPSA) is 6.48 Å². The Hall–Kier alpha value is -8.28. The molecular formula is C70H52N2S2. The van der Waals surface area contributed by atoms with Gasteiger partial charge in [-0.1, -0.05) is 169 Å². The zero-order chi connectivity index (χ0) is 49.9. The summed E-state index contributed by atoms with van der Waals surface area (Å²) >= 11 is 3.78. The Morgan fingerprint density at radius 3 is 1.12 bits per heavy atom. The third-order valence-electron chi connectivity index (χ3n) is 15.5. The highest BCUT2D eigenvalue weighted by Crippen LogP contribution is 2.51. The van der Waals surface area contributed by atoms with Crippen LogP contribution in [0.25, 0.3) is 94.9 Å². The number of hydrogen-bond donors (Lipinski definition) is 0. The number of aryl methyl sites for hydroxylation is 6. The van der Waals surface area contributed by atoms with Crippen LogP contribution in [0.15, 0.2) is 206 Å². The lowest BCUT2D eigenvalue weighted by Gasteiger charge is -2.32. The van der Waals surface area contributed by atoms with E-state index < -0.39 is 0 Å². The molecular weight excluding hydrogens is 933 g/mol. The minimum atomic E-state index is 1.13. The minimum absolute atomic E-state index is 1.13. The predicted molar refractivity (Wildman–Crippen MR) is 325 cm³/mol. The predicted octanol–water partition coefficient (Wildman–Crippen LogP) is 21.4. The molecule has 2 aromatic heterocycles. The molecule has 0 saturated heterocycles. The van der Waals surface area contributed by atoms with Crippen LogP contribution >= 0.6 is 22.7 Å². The van der Waals surface area contributed by atoms with Crippen LogP contribution in [0.3, 0.4) is 0 Å². The molecule has 0 aliphatic heterocycles. The van der Waals surface area contributed by atoms with Gasteiger partial charge < -0.3 is 9.80 Å². The fraction of sp³-hybridized carbons (Fsp3) is 0.0857. The fourth-order valence-electron chi connectivity index (χ4n) is 12.6. The van der Waals surface area contributed by atoms with Gasteiger partial charge in [-0.15, -0.1) is 22.7 Å². The van der Waals surface area contributed by atoms with E-state index in [1.807, 2.05) is 22.7 Å². The third-order valence-corrected chi connectivity index (χ3v) is 17.9. The lowest BCUT2D eigenvalue weighted by Crippen LogP contribution is -2.14. The largest absolute Gasteiger partial charge is 0.309 e. The second kappa shape index (κ2) is 17.2. The molecule has 0 unspecified atom stereocenters. The molecule has 0 aliphatic carbocycles. The highest BCUT2D eigenvalue weighted by atomic mass is 32.1. The average Bonchev–Trinajstić information content (AvgIpc) is 4.01. The lowest BCUT2D eigenvalue weighted by molar-refractivity contribution is 1.21. The van der Waals surface area contributed by atoms with Crippen molar-refractivity contribution in [2.24, 2.45) is 0 Å². The standard InChI is InChI=1S/C70H52N2S2/c1-41-35-43(3)67(44(4)36-41)71(51-17-11-15-49(39-51)53-21-13-23-57-55-19-7-9-25-63(55)73-69(53)57)61-33-29-47-28-32-60-62(34-30-48-27-31-59(61)65(47)66(48)60)72(68-45(5)37-42(2)38-46(68)6)52-18-12-16-50(40-52)54-22-14-24-58-56-20-8-10-26-64(56)74-70(54)58/h7-40H,1-6H3. The molecule has 0 spiro atoms. The van der Waals surface area contributed by atoms with Crippen LogP contribution in [-0.4, -0.2) is 0 Å². The van der Waals surface area contributed by atoms with Crippen LogP contribution in [-0.2, 0) is 0 Å². The maximum Gasteiger partial charge on any atom is 0.0540 e. The van der Waals surface area contributed by atoms with E-state index >= 15 is 0 Å². The van der Waals surface area contributed by atoms with Crippen LogP contribution in [0.4, 0.5) is 34.1 Å². The van der Waals surface area contributed by atoms with Crippen LogP contribution < -0.4 is 9.80 Å². The number of thiophene rings is 2. The van der Waals surface area contributed by atoms with Gasteiger partial charge in [0, 0.05) is 62.5 Å². The van der Waals surface area contributed by atoms with E-state index in [9.17, 15) is 0 Å². The van der Waals surface area contributed by atoms with E-state index in [0.717, 1.165) is 22.7 Å². The molecule has 0 atom stereocenters. The summed E-state index contributed by atoms with van der Waals surface area (Å²) in [4.78, 5) is 5.08. The number of benzene rings is 12. The van der Waals surface area contributed by atoms with E-state index in [-0.39, 0.29) is 0 Å². The summed E-state index contributed by atoms with van der Waals surface area (Å²) < 4.78 is 5.28. The van der Waals surface area contributed by atoms with Gasteiger partial charge in [0.1, 0.15) is 0 Å². The van der Waals surface area contributed by atoms with Gasteiger partial charge in [0.2, 0.25) is 0 Å². The number of hydrogen-bond acceptors (Lipinski definition) is 4. The van der Waals surface area contributed by atoms with Crippen molar-refractivity contribution in [2.45, 2.75) is 41.5 Å². The van der Waals surface area contributed by atoms with Crippen LogP contribution in [0, 0.1) is 41.5 Å².